The molecule has 0 N–H and O–H groups in total. The molecule has 0 amide bonds. The molecular weight excluding hydrogens is 671 g/mol. The van der Waals surface area contributed by atoms with Gasteiger partial charge in [-0.2, -0.15) is 0 Å². The molecule has 1 unspecified atom stereocenters. The Morgan fingerprint density at radius 1 is 0.418 bits per heavy atom. The Bertz CT molecular complexity index is 2850. The summed E-state index contributed by atoms with van der Waals surface area (Å²) in [4.78, 5) is 15.4. The zero-order valence-electron chi connectivity index (χ0n) is 30.0. The van der Waals surface area contributed by atoms with E-state index in [0.717, 1.165) is 67.6 Å². The zero-order chi connectivity index (χ0) is 36.6. The molecule has 0 bridgehead atoms. The van der Waals surface area contributed by atoms with Crippen molar-refractivity contribution in [3.05, 3.63) is 200 Å². The van der Waals surface area contributed by atoms with Crippen LogP contribution in [0.4, 0.5) is 0 Å². The zero-order valence-corrected chi connectivity index (χ0v) is 30.0. The highest BCUT2D eigenvalue weighted by atomic mass is 16.3. The number of para-hydroxylation sites is 1. The van der Waals surface area contributed by atoms with E-state index in [9.17, 15) is 0 Å². The summed E-state index contributed by atoms with van der Waals surface area (Å²) >= 11 is 0. The van der Waals surface area contributed by atoms with Crippen LogP contribution in [-0.2, 0) is 0 Å². The standard InChI is InChI=1S/C51H35N3O/c1-4-12-34(13-5-1)36-22-24-38(25-23-36)39-28-32-42(33-29-39)50-52-49(41-16-8-3-9-17-41)53-51(54-50)45-20-11-21-46-47(45)44-19-10-18-43(48(44)55-46)40-30-26-37(27-31-40)35-14-6-2-7-15-35/h1-16,18-33,41H,17H2. The normalized spacial score (nSPS) is 13.8. The molecule has 4 nitrogen and oxygen atoms in total. The fourth-order valence-electron chi connectivity index (χ4n) is 7.61. The van der Waals surface area contributed by atoms with Crippen molar-refractivity contribution in [3.63, 3.8) is 0 Å². The first-order chi connectivity index (χ1) is 27.2. The fraction of sp³-hybridized carbons (Fsp3) is 0.0392. The molecule has 2 heterocycles. The lowest BCUT2D eigenvalue weighted by Crippen LogP contribution is -2.08. The van der Waals surface area contributed by atoms with E-state index in [1.807, 2.05) is 24.3 Å². The SMILES string of the molecule is C1=CCC(c2nc(-c3ccc(-c4ccc(-c5ccccc5)cc4)cc3)nc(-c3cccc4oc5c(-c6ccc(-c7ccccc7)cc6)cccc5c34)n2)C=C1. The maximum Gasteiger partial charge on any atom is 0.164 e. The highest BCUT2D eigenvalue weighted by Gasteiger charge is 2.21. The summed E-state index contributed by atoms with van der Waals surface area (Å²) in [5, 5.41) is 2.03. The molecule has 0 saturated carbocycles. The van der Waals surface area contributed by atoms with E-state index in [1.165, 1.54) is 22.3 Å². The summed E-state index contributed by atoms with van der Waals surface area (Å²) in [7, 11) is 0. The van der Waals surface area contributed by atoms with Crippen LogP contribution >= 0.6 is 0 Å². The lowest BCUT2D eigenvalue weighted by molar-refractivity contribution is 0.670. The molecular formula is C51H35N3O. The Balaban J connectivity index is 1.04. The van der Waals surface area contributed by atoms with Gasteiger partial charge in [0, 0.05) is 33.4 Å². The van der Waals surface area contributed by atoms with Gasteiger partial charge < -0.3 is 4.42 Å². The molecule has 1 aliphatic carbocycles. The molecule has 9 aromatic rings. The molecule has 2 aromatic heterocycles. The minimum Gasteiger partial charge on any atom is -0.455 e. The van der Waals surface area contributed by atoms with Gasteiger partial charge in [0.2, 0.25) is 0 Å². The Kier molecular flexibility index (Phi) is 8.27. The van der Waals surface area contributed by atoms with Crippen molar-refractivity contribution in [2.45, 2.75) is 12.3 Å². The Morgan fingerprint density at radius 2 is 0.945 bits per heavy atom. The largest absolute Gasteiger partial charge is 0.455 e. The minimum absolute atomic E-state index is 0.0543. The van der Waals surface area contributed by atoms with Crippen LogP contribution in [0.5, 0.6) is 0 Å². The second-order valence-corrected chi connectivity index (χ2v) is 13.9. The van der Waals surface area contributed by atoms with E-state index >= 15 is 0 Å². The molecule has 0 spiro atoms. The quantitative estimate of drug-likeness (QED) is 0.166. The van der Waals surface area contributed by atoms with Crippen LogP contribution in [0.1, 0.15) is 18.2 Å². The van der Waals surface area contributed by atoms with Gasteiger partial charge in [0.1, 0.15) is 17.0 Å². The fourth-order valence-corrected chi connectivity index (χ4v) is 7.61. The first-order valence-electron chi connectivity index (χ1n) is 18.7. The molecule has 0 saturated heterocycles. The summed E-state index contributed by atoms with van der Waals surface area (Å²) in [6, 6.07) is 59.4. The summed E-state index contributed by atoms with van der Waals surface area (Å²) < 4.78 is 6.67. The van der Waals surface area contributed by atoms with Crippen LogP contribution in [0.2, 0.25) is 0 Å². The van der Waals surface area contributed by atoms with Gasteiger partial charge in [-0.05, 0) is 51.4 Å². The molecule has 0 fully saturated rings. The lowest BCUT2D eigenvalue weighted by atomic mass is 9.97. The molecule has 55 heavy (non-hydrogen) atoms. The van der Waals surface area contributed by atoms with E-state index in [2.05, 4.69) is 170 Å². The molecule has 10 rings (SSSR count). The number of fused-ring (bicyclic) bond motifs is 3. The first-order valence-corrected chi connectivity index (χ1v) is 18.7. The summed E-state index contributed by atoms with van der Waals surface area (Å²) in [6.07, 6.45) is 9.34. The number of rotatable bonds is 7. The third kappa shape index (κ3) is 6.24. The Hall–Kier alpha value is -7.17. The number of furan rings is 1. The van der Waals surface area contributed by atoms with Crippen molar-refractivity contribution in [3.8, 4) is 67.3 Å². The second-order valence-electron chi connectivity index (χ2n) is 13.9. The maximum atomic E-state index is 6.67. The molecule has 1 aliphatic rings. The molecule has 4 heteroatoms. The molecule has 0 radical (unpaired) electrons. The number of hydrogen-bond acceptors (Lipinski definition) is 4. The number of allylic oxidation sites excluding steroid dienone is 4. The second kappa shape index (κ2) is 14.0. The van der Waals surface area contributed by atoms with E-state index in [4.69, 9.17) is 19.4 Å². The predicted octanol–water partition coefficient (Wildman–Crippen LogP) is 13.4. The Morgan fingerprint density at radius 3 is 1.55 bits per heavy atom. The molecule has 0 aliphatic heterocycles. The van der Waals surface area contributed by atoms with Crippen LogP contribution in [0.3, 0.4) is 0 Å². The molecule has 260 valence electrons. The van der Waals surface area contributed by atoms with E-state index < -0.39 is 0 Å². The van der Waals surface area contributed by atoms with Crippen molar-refractivity contribution in [1.29, 1.82) is 0 Å². The van der Waals surface area contributed by atoms with Crippen LogP contribution in [0, 0.1) is 0 Å². The maximum absolute atomic E-state index is 6.67. The summed E-state index contributed by atoms with van der Waals surface area (Å²) in [6.45, 7) is 0. The topological polar surface area (TPSA) is 51.8 Å². The summed E-state index contributed by atoms with van der Waals surface area (Å²) in [5.74, 6) is 2.09. The van der Waals surface area contributed by atoms with E-state index in [0.29, 0.717) is 11.6 Å². The van der Waals surface area contributed by atoms with Gasteiger partial charge in [0.25, 0.3) is 0 Å². The highest BCUT2D eigenvalue weighted by molar-refractivity contribution is 6.15. The highest BCUT2D eigenvalue weighted by Crippen LogP contribution is 2.41. The van der Waals surface area contributed by atoms with Gasteiger partial charge in [0.05, 0.1) is 0 Å². The van der Waals surface area contributed by atoms with Gasteiger partial charge >= 0.3 is 0 Å². The van der Waals surface area contributed by atoms with Crippen LogP contribution < -0.4 is 0 Å². The monoisotopic (exact) mass is 705 g/mol. The molecule has 7 aromatic carbocycles. The van der Waals surface area contributed by atoms with Crippen LogP contribution in [-0.4, -0.2) is 15.0 Å². The average molecular weight is 706 g/mol. The first kappa shape index (κ1) is 32.5. The van der Waals surface area contributed by atoms with E-state index in [1.54, 1.807) is 0 Å². The van der Waals surface area contributed by atoms with Crippen molar-refractivity contribution in [2.24, 2.45) is 0 Å². The molecule has 1 atom stereocenters. The van der Waals surface area contributed by atoms with Gasteiger partial charge in [-0.25, -0.2) is 15.0 Å². The third-order valence-corrected chi connectivity index (χ3v) is 10.5. The smallest absolute Gasteiger partial charge is 0.164 e. The Labute approximate surface area is 319 Å². The predicted molar refractivity (Wildman–Crippen MR) is 225 cm³/mol. The number of nitrogens with zero attached hydrogens (tertiary/aromatic N) is 3. The van der Waals surface area contributed by atoms with Crippen LogP contribution in [0.15, 0.2) is 199 Å². The average Bonchev–Trinajstić information content (AvgIpc) is 3.67. The van der Waals surface area contributed by atoms with Gasteiger partial charge in [-0.1, -0.05) is 188 Å². The van der Waals surface area contributed by atoms with Gasteiger partial charge in [-0.15, -0.1) is 0 Å². The van der Waals surface area contributed by atoms with Crippen molar-refractivity contribution >= 4 is 21.9 Å². The number of benzene rings is 7. The van der Waals surface area contributed by atoms with Crippen LogP contribution in [0.25, 0.3) is 89.2 Å². The van der Waals surface area contributed by atoms with Crippen molar-refractivity contribution < 1.29 is 4.42 Å². The van der Waals surface area contributed by atoms with E-state index in [-0.39, 0.29) is 5.92 Å². The van der Waals surface area contributed by atoms with Gasteiger partial charge in [-0.3, -0.25) is 0 Å². The lowest BCUT2D eigenvalue weighted by Gasteiger charge is -2.15. The summed E-state index contributed by atoms with van der Waals surface area (Å²) in [5.41, 5.74) is 12.7. The van der Waals surface area contributed by atoms with Crippen molar-refractivity contribution in [1.82, 2.24) is 15.0 Å². The third-order valence-electron chi connectivity index (χ3n) is 10.5. The minimum atomic E-state index is 0.0543. The van der Waals surface area contributed by atoms with Crippen molar-refractivity contribution in [2.75, 3.05) is 0 Å². The number of aromatic nitrogens is 3. The number of hydrogen-bond donors (Lipinski definition) is 0. The van der Waals surface area contributed by atoms with Gasteiger partial charge in [0.15, 0.2) is 11.6 Å².